The molecule has 0 saturated heterocycles. The summed E-state index contributed by atoms with van der Waals surface area (Å²) in [6.07, 6.45) is 3.26. The lowest BCUT2D eigenvalue weighted by Gasteiger charge is -2.13. The number of halogens is 2. The van der Waals surface area contributed by atoms with E-state index in [0.717, 1.165) is 25.7 Å². The predicted octanol–water partition coefficient (Wildman–Crippen LogP) is 2.81. The van der Waals surface area contributed by atoms with Crippen LogP contribution >= 0.6 is 11.3 Å². The summed E-state index contributed by atoms with van der Waals surface area (Å²) in [6, 6.07) is 7.40. The first-order chi connectivity index (χ1) is 13.9. The Morgan fingerprint density at radius 3 is 2.55 bits per heavy atom. The Balaban J connectivity index is 1.42. The van der Waals surface area contributed by atoms with Gasteiger partial charge in [0.05, 0.1) is 17.5 Å². The Labute approximate surface area is 170 Å². The van der Waals surface area contributed by atoms with Crippen LogP contribution in [0.3, 0.4) is 0 Å². The maximum Gasteiger partial charge on any atom is 0.387 e. The minimum atomic E-state index is -2.92. The summed E-state index contributed by atoms with van der Waals surface area (Å²) in [5.74, 6) is -0.732. The fourth-order valence-electron chi connectivity index (χ4n) is 3.11. The maximum atomic E-state index is 12.2. The number of fused-ring (bicyclic) bond motifs is 1. The van der Waals surface area contributed by atoms with E-state index in [0.29, 0.717) is 10.4 Å². The Morgan fingerprint density at radius 1 is 1.14 bits per heavy atom. The van der Waals surface area contributed by atoms with E-state index in [2.05, 4.69) is 15.4 Å². The standard InChI is InChI=1S/C20H22F2N2O4S/c21-20(22)28-14-7-5-12(6-8-14)15(25)10-23-18(26)11-24-19(27)17-9-13-3-1-2-4-16(13)29-17/h5-9,15,20,25H,1-4,10-11H2,(H,23,26)(H,24,27). The lowest BCUT2D eigenvalue weighted by Crippen LogP contribution is -2.38. The van der Waals surface area contributed by atoms with E-state index in [1.807, 2.05) is 6.07 Å². The summed E-state index contributed by atoms with van der Waals surface area (Å²) in [6.45, 7) is -3.19. The van der Waals surface area contributed by atoms with Crippen molar-refractivity contribution in [1.29, 1.82) is 0 Å². The van der Waals surface area contributed by atoms with E-state index in [9.17, 15) is 23.5 Å². The first-order valence-corrected chi connectivity index (χ1v) is 10.1. The molecule has 1 unspecified atom stereocenters. The summed E-state index contributed by atoms with van der Waals surface area (Å²) in [7, 11) is 0. The molecule has 3 N–H and O–H groups in total. The molecular weight excluding hydrogens is 402 g/mol. The number of hydrogen-bond donors (Lipinski definition) is 3. The van der Waals surface area contributed by atoms with Crippen molar-refractivity contribution < 1.29 is 28.2 Å². The second-order valence-corrected chi connectivity index (χ2v) is 7.85. The van der Waals surface area contributed by atoms with Crippen LogP contribution in [0.4, 0.5) is 8.78 Å². The molecule has 0 radical (unpaired) electrons. The normalized spacial score (nSPS) is 14.2. The van der Waals surface area contributed by atoms with Crippen LogP contribution < -0.4 is 15.4 Å². The molecule has 6 nitrogen and oxygen atoms in total. The number of rotatable bonds is 8. The van der Waals surface area contributed by atoms with Crippen LogP contribution in [-0.4, -0.2) is 36.6 Å². The summed E-state index contributed by atoms with van der Waals surface area (Å²) in [5, 5.41) is 15.2. The molecule has 1 aromatic carbocycles. The highest BCUT2D eigenvalue weighted by atomic mass is 32.1. The molecule has 0 spiro atoms. The van der Waals surface area contributed by atoms with Crippen molar-refractivity contribution in [3.05, 3.63) is 51.2 Å². The lowest BCUT2D eigenvalue weighted by atomic mass is 9.99. The Bertz CT molecular complexity index is 831. The maximum absolute atomic E-state index is 12.2. The zero-order valence-electron chi connectivity index (χ0n) is 15.6. The first-order valence-electron chi connectivity index (χ1n) is 9.31. The topological polar surface area (TPSA) is 87.7 Å². The van der Waals surface area contributed by atoms with E-state index < -0.39 is 18.6 Å². The van der Waals surface area contributed by atoms with Gasteiger partial charge in [-0.15, -0.1) is 11.3 Å². The highest BCUT2D eigenvalue weighted by molar-refractivity contribution is 7.14. The number of carbonyl (C=O) groups excluding carboxylic acids is 2. The SMILES string of the molecule is O=C(CNC(=O)c1cc2c(s1)CCCC2)NCC(O)c1ccc(OC(F)F)cc1. The van der Waals surface area contributed by atoms with Gasteiger partial charge >= 0.3 is 6.61 Å². The minimum Gasteiger partial charge on any atom is -0.435 e. The van der Waals surface area contributed by atoms with Crippen molar-refractivity contribution in [3.8, 4) is 5.75 Å². The number of aryl methyl sites for hydroxylation is 2. The third-order valence-electron chi connectivity index (χ3n) is 4.61. The van der Waals surface area contributed by atoms with Gasteiger partial charge in [0.25, 0.3) is 5.91 Å². The summed E-state index contributed by atoms with van der Waals surface area (Å²) >= 11 is 1.47. The van der Waals surface area contributed by atoms with Gasteiger partial charge in [-0.2, -0.15) is 8.78 Å². The largest absolute Gasteiger partial charge is 0.435 e. The van der Waals surface area contributed by atoms with Crippen molar-refractivity contribution in [1.82, 2.24) is 10.6 Å². The van der Waals surface area contributed by atoms with Gasteiger partial charge in [-0.3, -0.25) is 9.59 Å². The molecular formula is C20H22F2N2O4S. The predicted molar refractivity (Wildman–Crippen MR) is 104 cm³/mol. The molecule has 2 amide bonds. The number of amides is 2. The second kappa shape index (κ2) is 9.80. The van der Waals surface area contributed by atoms with Gasteiger partial charge < -0.3 is 20.5 Å². The molecule has 156 valence electrons. The van der Waals surface area contributed by atoms with Gasteiger partial charge in [-0.25, -0.2) is 0 Å². The third kappa shape index (κ3) is 5.98. The minimum absolute atomic E-state index is 0.0158. The fourth-order valence-corrected chi connectivity index (χ4v) is 4.28. The molecule has 9 heteroatoms. The fraction of sp³-hybridized carbons (Fsp3) is 0.400. The van der Waals surface area contributed by atoms with Gasteiger partial charge in [0.1, 0.15) is 5.75 Å². The van der Waals surface area contributed by atoms with Crippen molar-refractivity contribution in [3.63, 3.8) is 0 Å². The van der Waals surface area contributed by atoms with Crippen LogP contribution in [0.2, 0.25) is 0 Å². The van der Waals surface area contributed by atoms with E-state index in [1.54, 1.807) is 0 Å². The lowest BCUT2D eigenvalue weighted by molar-refractivity contribution is -0.120. The Morgan fingerprint density at radius 2 is 1.86 bits per heavy atom. The van der Waals surface area contributed by atoms with Crippen molar-refractivity contribution >= 4 is 23.2 Å². The number of alkyl halides is 2. The first kappa shape index (κ1) is 21.2. The van der Waals surface area contributed by atoms with E-state index in [-0.39, 0.29) is 24.7 Å². The number of hydrogen-bond acceptors (Lipinski definition) is 5. The van der Waals surface area contributed by atoms with Crippen LogP contribution in [0.1, 0.15) is 44.6 Å². The zero-order chi connectivity index (χ0) is 20.8. The monoisotopic (exact) mass is 424 g/mol. The van der Waals surface area contributed by atoms with Crippen LogP contribution in [0.5, 0.6) is 5.75 Å². The van der Waals surface area contributed by atoms with Crippen molar-refractivity contribution in [2.24, 2.45) is 0 Å². The van der Waals surface area contributed by atoms with Gasteiger partial charge in [0, 0.05) is 11.4 Å². The molecule has 0 fully saturated rings. The smallest absolute Gasteiger partial charge is 0.387 e. The number of ether oxygens (including phenoxy) is 1. The number of aliphatic hydroxyl groups excluding tert-OH is 1. The summed E-state index contributed by atoms with van der Waals surface area (Å²) in [5.41, 5.74) is 1.67. The third-order valence-corrected chi connectivity index (χ3v) is 5.85. The molecule has 1 aliphatic rings. The molecule has 1 aromatic heterocycles. The average Bonchev–Trinajstić information content (AvgIpc) is 3.14. The zero-order valence-corrected chi connectivity index (χ0v) is 16.4. The van der Waals surface area contributed by atoms with E-state index in [1.165, 1.54) is 46.0 Å². The van der Waals surface area contributed by atoms with Gasteiger partial charge in [0.15, 0.2) is 0 Å². The van der Waals surface area contributed by atoms with Crippen LogP contribution in [0.25, 0.3) is 0 Å². The van der Waals surface area contributed by atoms with Crippen molar-refractivity contribution in [2.45, 2.75) is 38.4 Å². The molecule has 1 aliphatic carbocycles. The quantitative estimate of drug-likeness (QED) is 0.608. The van der Waals surface area contributed by atoms with Crippen LogP contribution in [0.15, 0.2) is 30.3 Å². The molecule has 0 bridgehead atoms. The molecule has 2 aromatic rings. The van der Waals surface area contributed by atoms with E-state index >= 15 is 0 Å². The van der Waals surface area contributed by atoms with Gasteiger partial charge in [-0.1, -0.05) is 12.1 Å². The number of nitrogens with one attached hydrogen (secondary N) is 2. The average molecular weight is 424 g/mol. The Kier molecular flexibility index (Phi) is 7.16. The molecule has 0 saturated carbocycles. The second-order valence-electron chi connectivity index (χ2n) is 6.72. The number of aliphatic hydroxyl groups is 1. The van der Waals surface area contributed by atoms with Gasteiger partial charge in [-0.05, 0) is 55.0 Å². The number of benzene rings is 1. The Hall–Kier alpha value is -2.52. The molecule has 29 heavy (non-hydrogen) atoms. The van der Waals surface area contributed by atoms with E-state index in [4.69, 9.17) is 0 Å². The number of carbonyl (C=O) groups is 2. The highest BCUT2D eigenvalue weighted by Crippen LogP contribution is 2.29. The molecule has 1 heterocycles. The molecule has 3 rings (SSSR count). The molecule has 0 aliphatic heterocycles. The van der Waals surface area contributed by atoms with Crippen LogP contribution in [0, 0.1) is 0 Å². The van der Waals surface area contributed by atoms with Crippen LogP contribution in [-0.2, 0) is 17.6 Å². The highest BCUT2D eigenvalue weighted by Gasteiger charge is 2.18. The van der Waals surface area contributed by atoms with Crippen molar-refractivity contribution in [2.75, 3.05) is 13.1 Å². The van der Waals surface area contributed by atoms with Gasteiger partial charge in [0.2, 0.25) is 5.91 Å². The summed E-state index contributed by atoms with van der Waals surface area (Å²) < 4.78 is 28.5. The number of thiophene rings is 1. The molecule has 1 atom stereocenters. The summed E-state index contributed by atoms with van der Waals surface area (Å²) in [4.78, 5) is 26.0.